The lowest BCUT2D eigenvalue weighted by Crippen LogP contribution is -2.56. The standard InChI is InChI=1S/C23H23BrFN7/c1-23(2,3)31-10-16(11-31)32-12-21(29-30-32)14-4-6-19-17(8-14)22(27-13-26-19)28-20-7-5-15(24)9-18(20)25/h4-9,12-13,16H,10-11H2,1-3H3,(H,26,27,28). The van der Waals surface area contributed by atoms with E-state index in [-0.39, 0.29) is 11.4 Å². The summed E-state index contributed by atoms with van der Waals surface area (Å²) in [6.45, 7) is 8.59. The first-order valence-corrected chi connectivity index (χ1v) is 11.2. The Morgan fingerprint density at radius 3 is 2.66 bits per heavy atom. The molecule has 0 atom stereocenters. The number of rotatable bonds is 4. The summed E-state index contributed by atoms with van der Waals surface area (Å²) in [6.07, 6.45) is 3.45. The first-order chi connectivity index (χ1) is 15.3. The van der Waals surface area contributed by atoms with Gasteiger partial charge in [-0.25, -0.2) is 19.0 Å². The third kappa shape index (κ3) is 3.98. The fourth-order valence-corrected chi connectivity index (χ4v) is 4.12. The molecule has 2 aromatic carbocycles. The molecule has 1 saturated heterocycles. The highest BCUT2D eigenvalue weighted by atomic mass is 79.9. The lowest BCUT2D eigenvalue weighted by Gasteiger charge is -2.47. The maximum atomic E-state index is 14.3. The molecule has 0 saturated carbocycles. The quantitative estimate of drug-likeness (QED) is 0.420. The summed E-state index contributed by atoms with van der Waals surface area (Å²) in [6, 6.07) is 11.0. The van der Waals surface area contributed by atoms with Gasteiger partial charge in [-0.05, 0) is 51.1 Å². The second kappa shape index (κ2) is 7.90. The monoisotopic (exact) mass is 495 g/mol. The molecule has 7 nitrogen and oxygen atoms in total. The molecule has 32 heavy (non-hydrogen) atoms. The van der Waals surface area contributed by atoms with Crippen LogP contribution in [0, 0.1) is 5.82 Å². The van der Waals surface area contributed by atoms with Crippen molar-refractivity contribution < 1.29 is 4.39 Å². The Bertz CT molecular complexity index is 1290. The average molecular weight is 496 g/mol. The molecular formula is C23H23BrFN7. The number of anilines is 2. The zero-order valence-electron chi connectivity index (χ0n) is 18.0. The summed E-state index contributed by atoms with van der Waals surface area (Å²) < 4.78 is 17.0. The van der Waals surface area contributed by atoms with Crippen LogP contribution in [0.3, 0.4) is 0 Å². The predicted octanol–water partition coefficient (Wildman–Crippen LogP) is 5.19. The fraction of sp³-hybridized carbons (Fsp3) is 0.304. The summed E-state index contributed by atoms with van der Waals surface area (Å²) in [5.74, 6) is 0.167. The van der Waals surface area contributed by atoms with Gasteiger partial charge in [-0.3, -0.25) is 4.90 Å². The van der Waals surface area contributed by atoms with E-state index in [9.17, 15) is 4.39 Å². The fourth-order valence-electron chi connectivity index (χ4n) is 3.79. The minimum Gasteiger partial charge on any atom is -0.337 e. The van der Waals surface area contributed by atoms with Crippen LogP contribution in [0.25, 0.3) is 22.2 Å². The van der Waals surface area contributed by atoms with Gasteiger partial charge >= 0.3 is 0 Å². The second-order valence-electron chi connectivity index (χ2n) is 9.02. The van der Waals surface area contributed by atoms with Gasteiger partial charge in [-0.15, -0.1) is 5.10 Å². The van der Waals surface area contributed by atoms with E-state index < -0.39 is 0 Å². The molecule has 0 unspecified atom stereocenters. The van der Waals surface area contributed by atoms with Crippen LogP contribution in [0.1, 0.15) is 26.8 Å². The lowest BCUT2D eigenvalue weighted by atomic mass is 9.98. The first-order valence-electron chi connectivity index (χ1n) is 10.4. The molecule has 1 aliphatic rings. The molecule has 164 valence electrons. The minimum atomic E-state index is -0.366. The lowest BCUT2D eigenvalue weighted by molar-refractivity contribution is 0.0148. The molecule has 5 rings (SSSR count). The van der Waals surface area contributed by atoms with Gasteiger partial charge in [-0.2, -0.15) is 0 Å². The van der Waals surface area contributed by atoms with Crippen LogP contribution >= 0.6 is 15.9 Å². The van der Waals surface area contributed by atoms with E-state index >= 15 is 0 Å². The topological polar surface area (TPSA) is 71.8 Å². The van der Waals surface area contributed by atoms with E-state index in [0.29, 0.717) is 22.0 Å². The number of hydrogen-bond acceptors (Lipinski definition) is 6. The van der Waals surface area contributed by atoms with Crippen LogP contribution < -0.4 is 5.32 Å². The number of benzene rings is 2. The van der Waals surface area contributed by atoms with Gasteiger partial charge in [0.15, 0.2) is 0 Å². The Morgan fingerprint density at radius 2 is 1.91 bits per heavy atom. The molecule has 0 spiro atoms. The van der Waals surface area contributed by atoms with Crippen LogP contribution in [-0.4, -0.2) is 48.5 Å². The molecule has 2 aromatic heterocycles. The minimum absolute atomic E-state index is 0.163. The number of hydrogen-bond donors (Lipinski definition) is 1. The molecule has 4 aromatic rings. The van der Waals surface area contributed by atoms with Gasteiger partial charge in [0.25, 0.3) is 0 Å². The predicted molar refractivity (Wildman–Crippen MR) is 126 cm³/mol. The average Bonchev–Trinajstić information content (AvgIpc) is 3.17. The van der Waals surface area contributed by atoms with Crippen LogP contribution in [-0.2, 0) is 0 Å². The maximum Gasteiger partial charge on any atom is 0.147 e. The molecule has 1 fully saturated rings. The van der Waals surface area contributed by atoms with Gasteiger partial charge in [0.2, 0.25) is 0 Å². The number of aromatic nitrogens is 5. The molecule has 0 bridgehead atoms. The molecule has 1 aliphatic heterocycles. The summed E-state index contributed by atoms with van der Waals surface area (Å²) in [7, 11) is 0. The number of nitrogens with zero attached hydrogens (tertiary/aromatic N) is 6. The number of fused-ring (bicyclic) bond motifs is 1. The van der Waals surface area contributed by atoms with E-state index in [1.807, 2.05) is 29.1 Å². The van der Waals surface area contributed by atoms with Gasteiger partial charge < -0.3 is 5.32 Å². The van der Waals surface area contributed by atoms with E-state index in [1.54, 1.807) is 12.1 Å². The third-order valence-electron chi connectivity index (χ3n) is 5.81. The Balaban J connectivity index is 1.43. The van der Waals surface area contributed by atoms with Crippen LogP contribution in [0.4, 0.5) is 15.9 Å². The zero-order chi connectivity index (χ0) is 22.5. The van der Waals surface area contributed by atoms with Crippen molar-refractivity contribution in [3.63, 3.8) is 0 Å². The van der Waals surface area contributed by atoms with Crippen molar-refractivity contribution in [2.45, 2.75) is 32.4 Å². The SMILES string of the molecule is CC(C)(C)N1CC(n2cc(-c3ccc4ncnc(Nc5ccc(Br)cc5F)c4c3)nn2)C1. The molecule has 1 N–H and O–H groups in total. The molecule has 0 amide bonds. The summed E-state index contributed by atoms with van der Waals surface area (Å²) in [5, 5.41) is 12.6. The highest BCUT2D eigenvalue weighted by Gasteiger charge is 2.36. The highest BCUT2D eigenvalue weighted by Crippen LogP contribution is 2.31. The smallest absolute Gasteiger partial charge is 0.147 e. The van der Waals surface area contributed by atoms with E-state index in [0.717, 1.165) is 35.2 Å². The van der Waals surface area contributed by atoms with Crippen LogP contribution in [0.2, 0.25) is 0 Å². The zero-order valence-corrected chi connectivity index (χ0v) is 19.6. The molecular weight excluding hydrogens is 473 g/mol. The second-order valence-corrected chi connectivity index (χ2v) is 9.93. The van der Waals surface area contributed by atoms with Crippen molar-refractivity contribution in [3.05, 3.63) is 59.2 Å². The van der Waals surface area contributed by atoms with Crippen molar-refractivity contribution in [2.24, 2.45) is 0 Å². The van der Waals surface area contributed by atoms with Gasteiger partial charge in [0, 0.05) is 34.1 Å². The Hall–Kier alpha value is -2.91. The van der Waals surface area contributed by atoms with Crippen molar-refractivity contribution in [2.75, 3.05) is 18.4 Å². The highest BCUT2D eigenvalue weighted by molar-refractivity contribution is 9.10. The van der Waals surface area contributed by atoms with Crippen molar-refractivity contribution in [1.82, 2.24) is 29.9 Å². The van der Waals surface area contributed by atoms with Gasteiger partial charge in [-0.1, -0.05) is 27.2 Å². The van der Waals surface area contributed by atoms with Crippen molar-refractivity contribution >= 4 is 38.3 Å². The first kappa shape index (κ1) is 21.0. The van der Waals surface area contributed by atoms with Crippen LogP contribution in [0.15, 0.2) is 53.4 Å². The summed E-state index contributed by atoms with van der Waals surface area (Å²) >= 11 is 3.28. The third-order valence-corrected chi connectivity index (χ3v) is 6.30. The molecule has 0 radical (unpaired) electrons. The number of likely N-dealkylation sites (tertiary alicyclic amines) is 1. The number of halogens is 2. The molecule has 0 aliphatic carbocycles. The Morgan fingerprint density at radius 1 is 1.09 bits per heavy atom. The van der Waals surface area contributed by atoms with Gasteiger partial charge in [0.05, 0.1) is 23.4 Å². The number of nitrogens with one attached hydrogen (secondary N) is 1. The Labute approximate surface area is 193 Å². The Kier molecular flexibility index (Phi) is 5.17. The maximum absolute atomic E-state index is 14.3. The van der Waals surface area contributed by atoms with Crippen LogP contribution in [0.5, 0.6) is 0 Å². The van der Waals surface area contributed by atoms with Gasteiger partial charge in [0.1, 0.15) is 23.7 Å². The van der Waals surface area contributed by atoms with Crippen molar-refractivity contribution in [1.29, 1.82) is 0 Å². The summed E-state index contributed by atoms with van der Waals surface area (Å²) in [5.41, 5.74) is 2.96. The van der Waals surface area contributed by atoms with E-state index in [4.69, 9.17) is 0 Å². The van der Waals surface area contributed by atoms with E-state index in [2.05, 4.69) is 67.2 Å². The summed E-state index contributed by atoms with van der Waals surface area (Å²) in [4.78, 5) is 11.1. The van der Waals surface area contributed by atoms with E-state index in [1.165, 1.54) is 12.4 Å². The largest absolute Gasteiger partial charge is 0.337 e. The molecule has 3 heterocycles. The molecule has 9 heteroatoms. The van der Waals surface area contributed by atoms with Crippen molar-refractivity contribution in [3.8, 4) is 11.3 Å². The normalized spacial score (nSPS) is 15.2.